The van der Waals surface area contributed by atoms with Gasteiger partial charge in [-0.15, -0.1) is 11.8 Å². The molecule has 3 aromatic carbocycles. The van der Waals surface area contributed by atoms with Crippen LogP contribution >= 0.6 is 23.1 Å². The number of thioether (sulfide) groups is 1. The summed E-state index contributed by atoms with van der Waals surface area (Å²) < 4.78 is 46.5. The third-order valence-electron chi connectivity index (χ3n) is 9.35. The number of ether oxygens (including phenoxy) is 1. The Morgan fingerprint density at radius 2 is 1.56 bits per heavy atom. The number of carbonyl (C=O) groups excluding carboxylic acids is 2. The smallest absolute Gasteiger partial charge is 0.416 e. The number of aromatic nitrogens is 1. The molecule has 6 unspecified atom stereocenters. The van der Waals surface area contributed by atoms with Crippen LogP contribution in [0.1, 0.15) is 28.3 Å². The van der Waals surface area contributed by atoms with Crippen LogP contribution in [0.2, 0.25) is 0 Å². The van der Waals surface area contributed by atoms with Crippen molar-refractivity contribution in [2.45, 2.75) is 28.8 Å². The van der Waals surface area contributed by atoms with Gasteiger partial charge in [0.15, 0.2) is 0 Å². The average Bonchev–Trinajstić information content (AvgIpc) is 3.72. The van der Waals surface area contributed by atoms with Gasteiger partial charge in [-0.2, -0.15) is 13.2 Å². The summed E-state index contributed by atoms with van der Waals surface area (Å²) in [4.78, 5) is 45.0. The van der Waals surface area contributed by atoms with Crippen molar-refractivity contribution < 1.29 is 27.5 Å². The number of benzene rings is 3. The molecule has 1 saturated heterocycles. The molecule has 6 nitrogen and oxygen atoms in total. The van der Waals surface area contributed by atoms with Crippen molar-refractivity contribution >= 4 is 40.6 Å². The van der Waals surface area contributed by atoms with Gasteiger partial charge in [-0.1, -0.05) is 47.7 Å². The summed E-state index contributed by atoms with van der Waals surface area (Å²) in [5, 5.41) is 0.747. The molecule has 0 spiro atoms. The van der Waals surface area contributed by atoms with Crippen molar-refractivity contribution in [1.29, 1.82) is 0 Å². The zero-order valence-corrected chi connectivity index (χ0v) is 23.9. The summed E-state index contributed by atoms with van der Waals surface area (Å²) in [6.45, 7) is 0. The van der Waals surface area contributed by atoms with Crippen molar-refractivity contribution in [1.82, 2.24) is 4.98 Å². The predicted molar refractivity (Wildman–Crippen MR) is 155 cm³/mol. The van der Waals surface area contributed by atoms with E-state index in [1.54, 1.807) is 11.8 Å². The van der Waals surface area contributed by atoms with Crippen LogP contribution in [0, 0.1) is 29.6 Å². The molecule has 1 aromatic heterocycles. The monoisotopic (exact) mass is 620 g/mol. The van der Waals surface area contributed by atoms with Crippen molar-refractivity contribution in [2.75, 3.05) is 4.90 Å². The summed E-state index contributed by atoms with van der Waals surface area (Å²) in [6.07, 6.45) is -3.91. The van der Waals surface area contributed by atoms with E-state index in [0.29, 0.717) is 17.9 Å². The van der Waals surface area contributed by atoms with E-state index in [1.165, 1.54) is 23.5 Å². The lowest BCUT2D eigenvalue weighted by Gasteiger charge is -2.43. The van der Waals surface area contributed by atoms with Gasteiger partial charge in [0.2, 0.25) is 11.8 Å². The molecule has 43 heavy (non-hydrogen) atoms. The minimum absolute atomic E-state index is 0.0362. The van der Waals surface area contributed by atoms with Gasteiger partial charge in [0, 0.05) is 16.0 Å². The van der Waals surface area contributed by atoms with Crippen molar-refractivity contribution in [2.24, 2.45) is 29.6 Å². The number of amides is 2. The average molecular weight is 621 g/mol. The molecule has 0 radical (unpaired) electrons. The van der Waals surface area contributed by atoms with Gasteiger partial charge in [0.1, 0.15) is 11.5 Å². The van der Waals surface area contributed by atoms with E-state index in [0.717, 1.165) is 32.5 Å². The SMILES string of the molecule is O=C1C2C3CC(C2C(=O)N1c1cccc(C(F)(F)F)c1)C1C3Sc2[nH]c(=O)sc2[C@@H]1c1cccc(Oc2ccccc2)c1. The number of hydrogen-bond donors (Lipinski definition) is 1. The molecule has 3 heterocycles. The minimum atomic E-state index is -4.59. The van der Waals surface area contributed by atoms with Gasteiger partial charge in [-0.05, 0) is 72.2 Å². The fraction of sp³-hybridized carbons (Fsp3) is 0.281. The molecule has 2 amide bonds. The molecule has 2 aliphatic heterocycles. The Balaban J connectivity index is 1.18. The third kappa shape index (κ3) is 4.11. The highest BCUT2D eigenvalue weighted by molar-refractivity contribution is 8.00. The second-order valence-electron chi connectivity index (χ2n) is 11.5. The largest absolute Gasteiger partial charge is 0.457 e. The standard InChI is InChI=1S/C32H23F3N2O4S2/c33-32(34,35)16-7-5-8-17(13-16)37-29(38)24-20-14-21(25(24)30(37)39)26-23(20)22(27-28(42-26)36-31(40)43-27)15-6-4-11-19(12-15)41-18-9-2-1-3-10-18/h1-13,20-26H,14H2,(H,36,40)/t20?,21?,22-,23?,24?,25?,26?/m1/s1. The summed E-state index contributed by atoms with van der Waals surface area (Å²) >= 11 is 2.73. The number of carbonyl (C=O) groups is 2. The number of H-pyrrole nitrogens is 1. The van der Waals surface area contributed by atoms with E-state index < -0.39 is 35.4 Å². The Bertz CT molecular complexity index is 1840. The number of aromatic amines is 1. The van der Waals surface area contributed by atoms with Crippen LogP contribution in [0.25, 0.3) is 0 Å². The molecule has 1 N–H and O–H groups in total. The van der Waals surface area contributed by atoms with Crippen LogP contribution in [0.4, 0.5) is 18.9 Å². The fourth-order valence-corrected chi connectivity index (χ4v) is 10.8. The number of rotatable bonds is 4. The second kappa shape index (κ2) is 9.59. The van der Waals surface area contributed by atoms with E-state index in [-0.39, 0.29) is 39.5 Å². The Labute approximate surface area is 251 Å². The number of alkyl halides is 3. The normalized spacial score (nSPS) is 29.0. The number of nitrogens with zero attached hydrogens (tertiary/aromatic N) is 1. The number of fused-ring (bicyclic) bond motifs is 9. The van der Waals surface area contributed by atoms with E-state index in [4.69, 9.17) is 4.74 Å². The number of hydrogen-bond acceptors (Lipinski definition) is 6. The summed E-state index contributed by atoms with van der Waals surface area (Å²) in [5.74, 6) is -1.28. The Morgan fingerprint density at radius 1 is 0.837 bits per heavy atom. The van der Waals surface area contributed by atoms with Gasteiger partial charge in [0.05, 0.1) is 28.1 Å². The molecule has 2 saturated carbocycles. The molecule has 4 aliphatic rings. The quantitative estimate of drug-likeness (QED) is 0.251. The first-order valence-electron chi connectivity index (χ1n) is 14.0. The summed E-state index contributed by atoms with van der Waals surface area (Å²) in [7, 11) is 0. The molecule has 218 valence electrons. The highest BCUT2D eigenvalue weighted by Crippen LogP contribution is 2.68. The molecule has 2 bridgehead atoms. The van der Waals surface area contributed by atoms with Gasteiger partial charge in [0.25, 0.3) is 0 Å². The van der Waals surface area contributed by atoms with Crippen LogP contribution in [0.3, 0.4) is 0 Å². The molecular weight excluding hydrogens is 597 g/mol. The second-order valence-corrected chi connectivity index (χ2v) is 13.7. The maximum atomic E-state index is 13.9. The van der Waals surface area contributed by atoms with Gasteiger partial charge < -0.3 is 9.72 Å². The molecule has 3 fully saturated rings. The topological polar surface area (TPSA) is 79.5 Å². The predicted octanol–water partition coefficient (Wildman–Crippen LogP) is 6.93. The fourth-order valence-electron chi connectivity index (χ4n) is 7.86. The lowest BCUT2D eigenvalue weighted by atomic mass is 9.68. The first kappa shape index (κ1) is 26.8. The number of halogens is 3. The zero-order chi connectivity index (χ0) is 29.6. The number of thiazole rings is 1. The van der Waals surface area contributed by atoms with Gasteiger partial charge in [-0.3, -0.25) is 19.3 Å². The van der Waals surface area contributed by atoms with Crippen molar-refractivity contribution in [3.05, 3.63) is 105 Å². The number of imide groups is 1. The number of para-hydroxylation sites is 1. The molecule has 2 aliphatic carbocycles. The van der Waals surface area contributed by atoms with E-state index in [1.807, 2.05) is 54.6 Å². The first-order valence-corrected chi connectivity index (χ1v) is 15.7. The molecular formula is C32H23F3N2O4S2. The molecule has 8 rings (SSSR count). The van der Waals surface area contributed by atoms with Crippen molar-refractivity contribution in [3.8, 4) is 11.5 Å². The van der Waals surface area contributed by atoms with Gasteiger partial charge >= 0.3 is 11.0 Å². The van der Waals surface area contributed by atoms with Crippen LogP contribution in [-0.4, -0.2) is 22.0 Å². The first-order chi connectivity index (χ1) is 20.7. The Kier molecular flexibility index (Phi) is 5.97. The maximum Gasteiger partial charge on any atom is 0.416 e. The van der Waals surface area contributed by atoms with Crippen LogP contribution in [0.15, 0.2) is 88.7 Å². The number of anilines is 1. The van der Waals surface area contributed by atoms with Crippen LogP contribution in [0.5, 0.6) is 11.5 Å². The molecule has 4 aromatic rings. The third-order valence-corrected chi connectivity index (χ3v) is 11.9. The van der Waals surface area contributed by atoms with E-state index in [2.05, 4.69) is 4.98 Å². The zero-order valence-electron chi connectivity index (χ0n) is 22.3. The highest BCUT2D eigenvalue weighted by Gasteiger charge is 2.69. The maximum absolute atomic E-state index is 13.9. The Hall–Kier alpha value is -3.83. The van der Waals surface area contributed by atoms with Crippen LogP contribution < -0.4 is 14.5 Å². The van der Waals surface area contributed by atoms with E-state index in [9.17, 15) is 27.6 Å². The van der Waals surface area contributed by atoms with Crippen molar-refractivity contribution in [3.63, 3.8) is 0 Å². The summed E-state index contributed by atoms with van der Waals surface area (Å²) in [6, 6.07) is 21.6. The highest BCUT2D eigenvalue weighted by atomic mass is 32.2. The van der Waals surface area contributed by atoms with E-state index >= 15 is 0 Å². The van der Waals surface area contributed by atoms with Crippen LogP contribution in [-0.2, 0) is 15.8 Å². The summed E-state index contributed by atoms with van der Waals surface area (Å²) in [5.41, 5.74) is 0.0109. The Morgan fingerprint density at radius 3 is 2.33 bits per heavy atom. The number of nitrogens with one attached hydrogen (secondary N) is 1. The lowest BCUT2D eigenvalue weighted by Crippen LogP contribution is -2.42. The molecule has 7 atom stereocenters. The molecule has 11 heteroatoms. The lowest BCUT2D eigenvalue weighted by molar-refractivity contribution is -0.137. The van der Waals surface area contributed by atoms with Gasteiger partial charge in [-0.25, -0.2) is 0 Å². The minimum Gasteiger partial charge on any atom is -0.457 e.